The highest BCUT2D eigenvalue weighted by Gasteiger charge is 2.46. The molecular formula is C23H28N4O2. The molecule has 1 saturated heterocycles. The third-order valence-electron chi connectivity index (χ3n) is 6.04. The van der Waals surface area contributed by atoms with E-state index in [2.05, 4.69) is 59.2 Å². The molecule has 1 aromatic carbocycles. The SMILES string of the molecule is Cc1cc(C#CC2CC2)ccc1N(C)Cc1cn(CC2OCC3(CC3)CO2)nn1. The van der Waals surface area contributed by atoms with E-state index in [1.807, 2.05) is 10.9 Å². The number of ether oxygens (including phenoxy) is 2. The Morgan fingerprint density at radius 2 is 2.03 bits per heavy atom. The Labute approximate surface area is 172 Å². The summed E-state index contributed by atoms with van der Waals surface area (Å²) in [6.45, 7) is 5.03. The summed E-state index contributed by atoms with van der Waals surface area (Å²) in [5.74, 6) is 7.25. The monoisotopic (exact) mass is 392 g/mol. The van der Waals surface area contributed by atoms with Crippen LogP contribution in [0.15, 0.2) is 24.4 Å². The highest BCUT2D eigenvalue weighted by atomic mass is 16.7. The van der Waals surface area contributed by atoms with Crippen molar-refractivity contribution < 1.29 is 9.47 Å². The number of anilines is 1. The van der Waals surface area contributed by atoms with Gasteiger partial charge in [-0.1, -0.05) is 17.1 Å². The number of hydrogen-bond donors (Lipinski definition) is 0. The van der Waals surface area contributed by atoms with Gasteiger partial charge in [-0.2, -0.15) is 0 Å². The minimum Gasteiger partial charge on any atom is -0.368 e. The molecule has 5 rings (SSSR count). The second-order valence-corrected chi connectivity index (χ2v) is 8.88. The lowest BCUT2D eigenvalue weighted by atomic mass is 10.1. The molecule has 6 nitrogen and oxygen atoms in total. The van der Waals surface area contributed by atoms with Crippen molar-refractivity contribution in [2.75, 3.05) is 25.2 Å². The van der Waals surface area contributed by atoms with E-state index >= 15 is 0 Å². The van der Waals surface area contributed by atoms with E-state index in [0.29, 0.717) is 24.4 Å². The Hall–Kier alpha value is -2.36. The molecule has 0 amide bonds. The van der Waals surface area contributed by atoms with Gasteiger partial charge in [-0.05, 0) is 56.4 Å². The normalized spacial score (nSPS) is 20.3. The Morgan fingerprint density at radius 3 is 2.72 bits per heavy atom. The van der Waals surface area contributed by atoms with Crippen LogP contribution in [0, 0.1) is 30.1 Å². The summed E-state index contributed by atoms with van der Waals surface area (Å²) in [6, 6.07) is 6.42. The van der Waals surface area contributed by atoms with Crippen LogP contribution >= 0.6 is 0 Å². The molecule has 2 heterocycles. The molecule has 0 unspecified atom stereocenters. The van der Waals surface area contributed by atoms with Gasteiger partial charge in [0.05, 0.1) is 32.5 Å². The molecule has 0 bridgehead atoms. The summed E-state index contributed by atoms with van der Waals surface area (Å²) in [7, 11) is 2.08. The topological polar surface area (TPSA) is 52.4 Å². The van der Waals surface area contributed by atoms with Gasteiger partial charge in [0, 0.05) is 29.6 Å². The zero-order valence-corrected chi connectivity index (χ0v) is 17.2. The molecule has 2 aromatic rings. The fourth-order valence-electron chi connectivity index (χ4n) is 3.76. The van der Waals surface area contributed by atoms with Gasteiger partial charge in [-0.25, -0.2) is 4.68 Å². The number of nitrogens with zero attached hydrogens (tertiary/aromatic N) is 4. The molecule has 2 saturated carbocycles. The second-order valence-electron chi connectivity index (χ2n) is 8.88. The van der Waals surface area contributed by atoms with Gasteiger partial charge < -0.3 is 14.4 Å². The first-order valence-electron chi connectivity index (χ1n) is 10.5. The van der Waals surface area contributed by atoms with Gasteiger partial charge in [0.15, 0.2) is 6.29 Å². The van der Waals surface area contributed by atoms with E-state index in [1.54, 1.807) is 0 Å². The third kappa shape index (κ3) is 4.47. The number of aryl methyl sites for hydroxylation is 1. The van der Waals surface area contributed by atoms with Crippen LogP contribution in [0.25, 0.3) is 0 Å². The summed E-state index contributed by atoms with van der Waals surface area (Å²) in [5, 5.41) is 8.58. The number of hydrogen-bond acceptors (Lipinski definition) is 5. The zero-order valence-electron chi connectivity index (χ0n) is 17.2. The summed E-state index contributed by atoms with van der Waals surface area (Å²) < 4.78 is 13.5. The average Bonchev–Trinajstić information content (AvgIpc) is 3.63. The minimum atomic E-state index is -0.222. The molecule has 1 spiro atoms. The Morgan fingerprint density at radius 1 is 1.24 bits per heavy atom. The molecule has 3 fully saturated rings. The summed E-state index contributed by atoms with van der Waals surface area (Å²) in [6.07, 6.45) is 6.73. The summed E-state index contributed by atoms with van der Waals surface area (Å²) >= 11 is 0. The van der Waals surface area contributed by atoms with Crippen LogP contribution in [-0.4, -0.2) is 41.5 Å². The molecule has 1 aromatic heterocycles. The average molecular weight is 393 g/mol. The van der Waals surface area contributed by atoms with Crippen molar-refractivity contribution >= 4 is 5.69 Å². The molecule has 2 aliphatic carbocycles. The second kappa shape index (κ2) is 7.47. The molecule has 152 valence electrons. The number of benzene rings is 1. The van der Waals surface area contributed by atoms with Crippen LogP contribution in [0.3, 0.4) is 0 Å². The maximum absolute atomic E-state index is 5.85. The summed E-state index contributed by atoms with van der Waals surface area (Å²) in [5.41, 5.74) is 4.76. The van der Waals surface area contributed by atoms with E-state index in [4.69, 9.17) is 9.47 Å². The molecule has 3 aliphatic rings. The van der Waals surface area contributed by atoms with E-state index < -0.39 is 0 Å². The van der Waals surface area contributed by atoms with E-state index in [1.165, 1.54) is 36.9 Å². The molecule has 0 atom stereocenters. The molecule has 0 radical (unpaired) electrons. The fraction of sp³-hybridized carbons (Fsp3) is 0.565. The Bertz CT molecular complexity index is 939. The van der Waals surface area contributed by atoms with Crippen LogP contribution in [0.1, 0.15) is 42.5 Å². The Balaban J connectivity index is 1.17. The van der Waals surface area contributed by atoms with Crippen LogP contribution in [0.5, 0.6) is 0 Å². The van der Waals surface area contributed by atoms with Crippen LogP contribution in [-0.2, 0) is 22.6 Å². The van der Waals surface area contributed by atoms with Crippen molar-refractivity contribution in [3.63, 3.8) is 0 Å². The van der Waals surface area contributed by atoms with Gasteiger partial charge >= 0.3 is 0 Å². The molecule has 0 N–H and O–H groups in total. The van der Waals surface area contributed by atoms with Crippen molar-refractivity contribution in [2.45, 2.75) is 52.0 Å². The Kier molecular flexibility index (Phi) is 4.81. The summed E-state index contributed by atoms with van der Waals surface area (Å²) in [4.78, 5) is 2.20. The molecule has 6 heteroatoms. The number of aromatic nitrogens is 3. The first-order valence-corrected chi connectivity index (χ1v) is 10.5. The first-order chi connectivity index (χ1) is 14.1. The van der Waals surface area contributed by atoms with Crippen molar-refractivity contribution in [1.29, 1.82) is 0 Å². The lowest BCUT2D eigenvalue weighted by Crippen LogP contribution is -2.36. The minimum absolute atomic E-state index is 0.222. The largest absolute Gasteiger partial charge is 0.368 e. The van der Waals surface area contributed by atoms with Crippen molar-refractivity contribution in [1.82, 2.24) is 15.0 Å². The smallest absolute Gasteiger partial charge is 0.177 e. The van der Waals surface area contributed by atoms with E-state index in [9.17, 15) is 0 Å². The van der Waals surface area contributed by atoms with Crippen LogP contribution < -0.4 is 4.90 Å². The quantitative estimate of drug-likeness (QED) is 0.732. The predicted octanol–water partition coefficient (Wildman–Crippen LogP) is 3.14. The van der Waals surface area contributed by atoms with Crippen molar-refractivity contribution in [3.05, 3.63) is 41.2 Å². The zero-order chi connectivity index (χ0) is 19.8. The number of rotatable bonds is 5. The predicted molar refractivity (Wildman–Crippen MR) is 110 cm³/mol. The van der Waals surface area contributed by atoms with Crippen molar-refractivity contribution in [3.8, 4) is 11.8 Å². The molecule has 1 aliphatic heterocycles. The van der Waals surface area contributed by atoms with Crippen molar-refractivity contribution in [2.24, 2.45) is 11.3 Å². The van der Waals surface area contributed by atoms with Gasteiger partial charge in [0.25, 0.3) is 0 Å². The highest BCUT2D eigenvalue weighted by molar-refractivity contribution is 5.56. The van der Waals surface area contributed by atoms with Gasteiger partial charge in [0.1, 0.15) is 5.69 Å². The van der Waals surface area contributed by atoms with Gasteiger partial charge in [-0.15, -0.1) is 5.10 Å². The highest BCUT2D eigenvalue weighted by Crippen LogP contribution is 2.48. The first kappa shape index (κ1) is 18.7. The molecule has 29 heavy (non-hydrogen) atoms. The third-order valence-corrected chi connectivity index (χ3v) is 6.04. The van der Waals surface area contributed by atoms with Gasteiger partial charge in [0.2, 0.25) is 0 Å². The maximum Gasteiger partial charge on any atom is 0.177 e. The van der Waals surface area contributed by atoms with Crippen LogP contribution in [0.2, 0.25) is 0 Å². The lowest BCUT2D eigenvalue weighted by Gasteiger charge is -2.29. The van der Waals surface area contributed by atoms with E-state index in [0.717, 1.165) is 24.5 Å². The molecular weight excluding hydrogens is 364 g/mol. The van der Waals surface area contributed by atoms with Gasteiger partial charge in [-0.3, -0.25) is 0 Å². The standard InChI is InChI=1S/C23H28N4O2/c1-17-11-19(6-5-18-3-4-18)7-8-21(17)26(2)12-20-13-27(25-24-20)14-22-28-15-23(9-10-23)16-29-22/h7-8,11,13,18,22H,3-4,9-10,12,14-16H2,1-2H3. The fourth-order valence-corrected chi connectivity index (χ4v) is 3.76. The lowest BCUT2D eigenvalue weighted by molar-refractivity contribution is -0.213. The maximum atomic E-state index is 5.85. The van der Waals surface area contributed by atoms with E-state index in [-0.39, 0.29) is 6.29 Å². The van der Waals surface area contributed by atoms with Crippen LogP contribution in [0.4, 0.5) is 5.69 Å².